The van der Waals surface area contributed by atoms with Crippen molar-refractivity contribution in [2.45, 2.75) is 19.8 Å². The summed E-state index contributed by atoms with van der Waals surface area (Å²) in [6, 6.07) is 7.85. The van der Waals surface area contributed by atoms with Crippen LogP contribution in [0.4, 0.5) is 0 Å². The van der Waals surface area contributed by atoms with Crippen molar-refractivity contribution < 1.29 is 9.53 Å². The number of amides is 1. The summed E-state index contributed by atoms with van der Waals surface area (Å²) in [5, 5.41) is 3.24. The van der Waals surface area contributed by atoms with Crippen molar-refractivity contribution in [3.8, 4) is 5.75 Å². The minimum absolute atomic E-state index is 0.0831. The zero-order valence-electron chi connectivity index (χ0n) is 12.7. The van der Waals surface area contributed by atoms with Crippen LogP contribution in [0.2, 0.25) is 0 Å². The van der Waals surface area contributed by atoms with Gasteiger partial charge in [-0.1, -0.05) is 25.5 Å². The Balaban J connectivity index is 1.84. The molecule has 0 spiro atoms. The van der Waals surface area contributed by atoms with Crippen molar-refractivity contribution in [2.75, 3.05) is 32.8 Å². The number of rotatable bonds is 6. The molecule has 0 saturated carbocycles. The molecule has 1 amide bonds. The molecule has 0 aliphatic carbocycles. The van der Waals surface area contributed by atoms with E-state index in [-0.39, 0.29) is 5.91 Å². The molecule has 1 aromatic carbocycles. The van der Waals surface area contributed by atoms with Crippen LogP contribution < -0.4 is 10.1 Å². The molecule has 1 saturated heterocycles. The van der Waals surface area contributed by atoms with Gasteiger partial charge in [-0.3, -0.25) is 4.79 Å². The van der Waals surface area contributed by atoms with E-state index in [0.717, 1.165) is 56.9 Å². The number of piperazine rings is 1. The highest BCUT2D eigenvalue weighted by molar-refractivity contribution is 5.91. The molecule has 4 nitrogen and oxygen atoms in total. The number of hydrogen-bond donors (Lipinski definition) is 1. The standard InChI is InChI=1S/C17H24N2O2/c1-2-3-14-21-16-7-4-15(5-8-16)6-9-17(20)19-12-10-18-11-13-19/h4-9,18H,2-3,10-14H2,1H3/b9-6+. The van der Waals surface area contributed by atoms with Crippen molar-refractivity contribution in [1.29, 1.82) is 0 Å². The molecule has 0 atom stereocenters. The first kappa shape index (κ1) is 15.6. The first-order chi connectivity index (χ1) is 10.3. The normalized spacial score (nSPS) is 15.4. The average molecular weight is 288 g/mol. The minimum atomic E-state index is 0.0831. The number of nitrogens with one attached hydrogen (secondary N) is 1. The maximum Gasteiger partial charge on any atom is 0.246 e. The van der Waals surface area contributed by atoms with E-state index >= 15 is 0 Å². The van der Waals surface area contributed by atoms with Crippen molar-refractivity contribution in [2.24, 2.45) is 0 Å². The number of nitrogens with zero attached hydrogens (tertiary/aromatic N) is 1. The monoisotopic (exact) mass is 288 g/mol. The van der Waals surface area contributed by atoms with Gasteiger partial charge < -0.3 is 15.0 Å². The van der Waals surface area contributed by atoms with E-state index in [1.165, 1.54) is 0 Å². The van der Waals surface area contributed by atoms with Gasteiger partial charge in [0.15, 0.2) is 0 Å². The van der Waals surface area contributed by atoms with E-state index in [1.807, 2.05) is 35.2 Å². The van der Waals surface area contributed by atoms with Crippen LogP contribution in [0.15, 0.2) is 30.3 Å². The third-order valence-electron chi connectivity index (χ3n) is 3.49. The van der Waals surface area contributed by atoms with Crippen LogP contribution in [0.5, 0.6) is 5.75 Å². The van der Waals surface area contributed by atoms with Crippen LogP contribution in [-0.2, 0) is 4.79 Å². The van der Waals surface area contributed by atoms with Crippen molar-refractivity contribution in [1.82, 2.24) is 10.2 Å². The van der Waals surface area contributed by atoms with Crippen LogP contribution in [0, 0.1) is 0 Å². The Morgan fingerprint density at radius 3 is 2.67 bits per heavy atom. The Kier molecular flexibility index (Phi) is 6.28. The number of hydrogen-bond acceptors (Lipinski definition) is 3. The van der Waals surface area contributed by atoms with Gasteiger partial charge in [0.1, 0.15) is 5.75 Å². The molecule has 2 rings (SSSR count). The lowest BCUT2D eigenvalue weighted by Gasteiger charge is -2.26. The van der Waals surface area contributed by atoms with E-state index in [4.69, 9.17) is 4.74 Å². The summed E-state index contributed by atoms with van der Waals surface area (Å²) in [5.74, 6) is 0.966. The number of ether oxygens (including phenoxy) is 1. The smallest absolute Gasteiger partial charge is 0.246 e. The van der Waals surface area contributed by atoms with Gasteiger partial charge in [-0.05, 0) is 30.2 Å². The molecule has 1 aromatic rings. The summed E-state index contributed by atoms with van der Waals surface area (Å²) in [6.45, 7) is 6.23. The lowest BCUT2D eigenvalue weighted by atomic mass is 10.2. The molecule has 0 unspecified atom stereocenters. The Hall–Kier alpha value is -1.81. The fourth-order valence-electron chi connectivity index (χ4n) is 2.17. The van der Waals surface area contributed by atoms with Crippen LogP contribution >= 0.6 is 0 Å². The van der Waals surface area contributed by atoms with Crippen molar-refractivity contribution in [3.05, 3.63) is 35.9 Å². The summed E-state index contributed by atoms with van der Waals surface area (Å²) in [5.41, 5.74) is 1.02. The molecule has 114 valence electrons. The third-order valence-corrected chi connectivity index (χ3v) is 3.49. The van der Waals surface area contributed by atoms with Gasteiger partial charge in [-0.25, -0.2) is 0 Å². The summed E-state index contributed by atoms with van der Waals surface area (Å²) in [6.07, 6.45) is 5.72. The van der Waals surface area contributed by atoms with Crippen molar-refractivity contribution >= 4 is 12.0 Å². The van der Waals surface area contributed by atoms with Crippen LogP contribution in [-0.4, -0.2) is 43.6 Å². The molecule has 1 aliphatic heterocycles. The maximum absolute atomic E-state index is 12.0. The third kappa shape index (κ3) is 5.23. The first-order valence-corrected chi connectivity index (χ1v) is 7.70. The molecule has 0 aromatic heterocycles. The number of benzene rings is 1. The predicted molar refractivity (Wildman–Crippen MR) is 85.3 cm³/mol. The van der Waals surface area contributed by atoms with E-state index in [9.17, 15) is 4.79 Å². The minimum Gasteiger partial charge on any atom is -0.494 e. The number of unbranched alkanes of at least 4 members (excludes halogenated alkanes) is 1. The Bertz CT molecular complexity index is 462. The zero-order valence-corrected chi connectivity index (χ0v) is 12.7. The molecular formula is C17H24N2O2. The largest absolute Gasteiger partial charge is 0.494 e. The van der Waals surface area contributed by atoms with Gasteiger partial charge in [0, 0.05) is 32.3 Å². The molecule has 21 heavy (non-hydrogen) atoms. The Morgan fingerprint density at radius 2 is 2.00 bits per heavy atom. The second kappa shape index (κ2) is 8.47. The average Bonchev–Trinajstić information content (AvgIpc) is 2.55. The van der Waals surface area contributed by atoms with Gasteiger partial charge in [0.2, 0.25) is 5.91 Å². The SMILES string of the molecule is CCCCOc1ccc(/C=C/C(=O)N2CCNCC2)cc1. The maximum atomic E-state index is 12.0. The van der Waals surface area contributed by atoms with E-state index < -0.39 is 0 Å². The molecule has 1 N–H and O–H groups in total. The fourth-order valence-corrected chi connectivity index (χ4v) is 2.17. The highest BCUT2D eigenvalue weighted by Crippen LogP contribution is 2.13. The van der Waals surface area contributed by atoms with Gasteiger partial charge in [0.25, 0.3) is 0 Å². The zero-order chi connectivity index (χ0) is 14.9. The molecule has 1 aliphatic rings. The molecule has 0 bridgehead atoms. The highest BCUT2D eigenvalue weighted by atomic mass is 16.5. The van der Waals surface area contributed by atoms with Crippen molar-refractivity contribution in [3.63, 3.8) is 0 Å². The summed E-state index contributed by atoms with van der Waals surface area (Å²) >= 11 is 0. The quantitative estimate of drug-likeness (QED) is 0.645. The van der Waals surface area contributed by atoms with Crippen LogP contribution in [0.25, 0.3) is 6.08 Å². The Labute approximate surface area is 126 Å². The van der Waals surface area contributed by atoms with E-state index in [0.29, 0.717) is 0 Å². The molecule has 1 fully saturated rings. The van der Waals surface area contributed by atoms with Crippen LogP contribution in [0.3, 0.4) is 0 Å². The summed E-state index contributed by atoms with van der Waals surface area (Å²) < 4.78 is 5.62. The summed E-state index contributed by atoms with van der Waals surface area (Å²) in [4.78, 5) is 13.9. The van der Waals surface area contributed by atoms with E-state index in [1.54, 1.807) is 6.08 Å². The van der Waals surface area contributed by atoms with Gasteiger partial charge in [0.05, 0.1) is 6.61 Å². The van der Waals surface area contributed by atoms with Crippen LogP contribution in [0.1, 0.15) is 25.3 Å². The Morgan fingerprint density at radius 1 is 1.29 bits per heavy atom. The molecule has 1 heterocycles. The second-order valence-corrected chi connectivity index (χ2v) is 5.18. The molecular weight excluding hydrogens is 264 g/mol. The predicted octanol–water partition coefficient (Wildman–Crippen LogP) is 2.31. The highest BCUT2D eigenvalue weighted by Gasteiger charge is 2.12. The van der Waals surface area contributed by atoms with E-state index in [2.05, 4.69) is 12.2 Å². The topological polar surface area (TPSA) is 41.6 Å². The summed E-state index contributed by atoms with van der Waals surface area (Å²) in [7, 11) is 0. The first-order valence-electron chi connectivity index (χ1n) is 7.70. The molecule has 4 heteroatoms. The number of carbonyl (C=O) groups is 1. The van der Waals surface area contributed by atoms with Gasteiger partial charge in [-0.2, -0.15) is 0 Å². The lowest BCUT2D eigenvalue weighted by Crippen LogP contribution is -2.45. The lowest BCUT2D eigenvalue weighted by molar-refractivity contribution is -0.126. The second-order valence-electron chi connectivity index (χ2n) is 5.18. The fraction of sp³-hybridized carbons (Fsp3) is 0.471. The van der Waals surface area contributed by atoms with Gasteiger partial charge >= 0.3 is 0 Å². The number of carbonyl (C=O) groups excluding carboxylic acids is 1. The van der Waals surface area contributed by atoms with Gasteiger partial charge in [-0.15, -0.1) is 0 Å². The molecule has 0 radical (unpaired) electrons.